The summed E-state index contributed by atoms with van der Waals surface area (Å²) in [6, 6.07) is 26.3. The van der Waals surface area contributed by atoms with Crippen molar-refractivity contribution in [3.63, 3.8) is 0 Å². The van der Waals surface area contributed by atoms with Crippen LogP contribution in [0.25, 0.3) is 0 Å². The van der Waals surface area contributed by atoms with E-state index in [1.54, 1.807) is 6.07 Å². The van der Waals surface area contributed by atoms with Crippen molar-refractivity contribution in [3.05, 3.63) is 96.1 Å². The topological polar surface area (TPSA) is 61.4 Å². The number of amides is 3. The fraction of sp³-hybridized carbons (Fsp3) is 0.0909. The second-order valence-electron chi connectivity index (χ2n) is 6.36. The highest BCUT2D eigenvalue weighted by molar-refractivity contribution is 6.09. The molecule has 0 aromatic heterocycles. The third kappa shape index (κ3) is 3.53. The van der Waals surface area contributed by atoms with E-state index >= 15 is 0 Å². The molecule has 3 amide bonds. The summed E-state index contributed by atoms with van der Waals surface area (Å²) in [5.41, 5.74) is 3.29. The molecule has 5 nitrogen and oxygen atoms in total. The van der Waals surface area contributed by atoms with Gasteiger partial charge >= 0.3 is 6.03 Å². The number of urea groups is 1. The molecular weight excluding hydrogens is 338 g/mol. The highest BCUT2D eigenvalue weighted by Gasteiger charge is 2.28. The van der Waals surface area contributed by atoms with Gasteiger partial charge in [0.15, 0.2) is 0 Å². The molecule has 27 heavy (non-hydrogen) atoms. The van der Waals surface area contributed by atoms with Crippen LogP contribution in [0, 0.1) is 0 Å². The van der Waals surface area contributed by atoms with Crippen LogP contribution in [0.5, 0.6) is 0 Å². The Hall–Kier alpha value is -3.60. The zero-order valence-electron chi connectivity index (χ0n) is 14.6. The number of carbonyl (C=O) groups excluding carboxylic acids is 2. The van der Waals surface area contributed by atoms with Gasteiger partial charge in [0.1, 0.15) is 6.54 Å². The van der Waals surface area contributed by atoms with Crippen molar-refractivity contribution in [1.82, 2.24) is 5.32 Å². The smallest absolute Gasteiger partial charge is 0.323 e. The standard InChI is InChI=1S/C22H19N3O2/c26-20-15-25(19-14-8-7-13-18(19)23-20)22(27)24-21(16-9-3-1-4-10-16)17-11-5-2-6-12-17/h1-14,21H,15H2,(H,23,26)(H,24,27). The molecule has 3 aromatic rings. The molecule has 4 rings (SSSR count). The van der Waals surface area contributed by atoms with Gasteiger partial charge in [0.25, 0.3) is 0 Å². The lowest BCUT2D eigenvalue weighted by Crippen LogP contribution is -2.48. The van der Waals surface area contributed by atoms with Crippen LogP contribution < -0.4 is 15.5 Å². The number of benzene rings is 3. The van der Waals surface area contributed by atoms with Crippen molar-refractivity contribution in [2.24, 2.45) is 0 Å². The van der Waals surface area contributed by atoms with Gasteiger partial charge in [0.05, 0.1) is 17.4 Å². The fourth-order valence-electron chi connectivity index (χ4n) is 3.27. The lowest BCUT2D eigenvalue weighted by molar-refractivity contribution is -0.115. The van der Waals surface area contributed by atoms with Gasteiger partial charge in [0.2, 0.25) is 5.91 Å². The first-order valence-corrected chi connectivity index (χ1v) is 8.79. The number of hydrogen-bond acceptors (Lipinski definition) is 2. The van der Waals surface area contributed by atoms with Gasteiger partial charge in [-0.3, -0.25) is 9.69 Å². The van der Waals surface area contributed by atoms with Gasteiger partial charge in [0, 0.05) is 0 Å². The Morgan fingerprint density at radius 2 is 1.41 bits per heavy atom. The van der Waals surface area contributed by atoms with Gasteiger partial charge in [-0.2, -0.15) is 0 Å². The van der Waals surface area contributed by atoms with Crippen LogP contribution in [-0.4, -0.2) is 18.5 Å². The highest BCUT2D eigenvalue weighted by atomic mass is 16.2. The van der Waals surface area contributed by atoms with Crippen molar-refractivity contribution >= 4 is 23.3 Å². The predicted octanol–water partition coefficient (Wildman–Crippen LogP) is 3.94. The van der Waals surface area contributed by atoms with Crippen molar-refractivity contribution < 1.29 is 9.59 Å². The first-order chi connectivity index (χ1) is 13.2. The Kier molecular flexibility index (Phi) is 4.58. The minimum Gasteiger partial charge on any atom is -0.327 e. The molecule has 0 saturated carbocycles. The van der Waals surface area contributed by atoms with Crippen molar-refractivity contribution in [2.45, 2.75) is 6.04 Å². The molecule has 1 aliphatic heterocycles. The summed E-state index contributed by atoms with van der Waals surface area (Å²) < 4.78 is 0. The summed E-state index contributed by atoms with van der Waals surface area (Å²) in [7, 11) is 0. The maximum atomic E-state index is 13.1. The Labute approximate surface area is 157 Å². The average Bonchev–Trinajstić information content (AvgIpc) is 2.72. The van der Waals surface area contributed by atoms with Gasteiger partial charge in [-0.15, -0.1) is 0 Å². The monoisotopic (exact) mass is 357 g/mol. The summed E-state index contributed by atoms with van der Waals surface area (Å²) in [6.07, 6.45) is 0. The van der Waals surface area contributed by atoms with E-state index < -0.39 is 0 Å². The number of carbonyl (C=O) groups is 2. The Balaban J connectivity index is 1.66. The van der Waals surface area contributed by atoms with E-state index in [0.717, 1.165) is 11.1 Å². The van der Waals surface area contributed by atoms with Crippen molar-refractivity contribution in [2.75, 3.05) is 16.8 Å². The fourth-order valence-corrected chi connectivity index (χ4v) is 3.27. The molecule has 0 bridgehead atoms. The summed E-state index contributed by atoms with van der Waals surface area (Å²) >= 11 is 0. The van der Waals surface area contributed by atoms with Crippen LogP contribution in [0.1, 0.15) is 17.2 Å². The molecule has 3 aromatic carbocycles. The minimum absolute atomic E-state index is 0.0147. The van der Waals surface area contributed by atoms with Crippen LogP contribution in [0.2, 0.25) is 0 Å². The molecule has 0 atom stereocenters. The molecule has 0 radical (unpaired) electrons. The number of nitrogens with one attached hydrogen (secondary N) is 2. The van der Waals surface area contributed by atoms with Gasteiger partial charge < -0.3 is 10.6 Å². The highest BCUT2D eigenvalue weighted by Crippen LogP contribution is 2.30. The molecule has 134 valence electrons. The molecular formula is C22H19N3O2. The number of rotatable bonds is 3. The van der Waals surface area contributed by atoms with Crippen LogP contribution >= 0.6 is 0 Å². The summed E-state index contributed by atoms with van der Waals surface area (Å²) in [4.78, 5) is 26.6. The van der Waals surface area contributed by atoms with Crippen molar-refractivity contribution in [1.29, 1.82) is 0 Å². The zero-order valence-corrected chi connectivity index (χ0v) is 14.6. The lowest BCUT2D eigenvalue weighted by Gasteiger charge is -2.31. The van der Waals surface area contributed by atoms with E-state index in [9.17, 15) is 9.59 Å². The second kappa shape index (κ2) is 7.33. The Morgan fingerprint density at radius 1 is 0.852 bits per heavy atom. The van der Waals surface area contributed by atoms with E-state index in [2.05, 4.69) is 10.6 Å². The van der Waals surface area contributed by atoms with Crippen LogP contribution in [0.15, 0.2) is 84.9 Å². The average molecular weight is 357 g/mol. The van der Waals surface area contributed by atoms with Gasteiger partial charge in [-0.25, -0.2) is 4.79 Å². The molecule has 1 heterocycles. The van der Waals surface area contributed by atoms with E-state index in [1.165, 1.54) is 4.90 Å². The van der Waals surface area contributed by atoms with Gasteiger partial charge in [-0.05, 0) is 23.3 Å². The number of nitrogens with zero attached hydrogens (tertiary/aromatic N) is 1. The maximum absolute atomic E-state index is 13.1. The first kappa shape index (κ1) is 16.8. The van der Waals surface area contributed by atoms with E-state index in [1.807, 2.05) is 78.9 Å². The molecule has 5 heteroatoms. The quantitative estimate of drug-likeness (QED) is 0.746. The molecule has 0 unspecified atom stereocenters. The lowest BCUT2D eigenvalue weighted by atomic mass is 9.99. The molecule has 2 N–H and O–H groups in total. The Morgan fingerprint density at radius 3 is 2.04 bits per heavy atom. The summed E-state index contributed by atoms with van der Waals surface area (Å²) in [6.45, 7) is -0.0147. The summed E-state index contributed by atoms with van der Waals surface area (Å²) in [5, 5.41) is 5.89. The zero-order chi connectivity index (χ0) is 18.6. The largest absolute Gasteiger partial charge is 0.327 e. The van der Waals surface area contributed by atoms with E-state index in [-0.39, 0.29) is 24.5 Å². The van der Waals surface area contributed by atoms with Crippen molar-refractivity contribution in [3.8, 4) is 0 Å². The van der Waals surface area contributed by atoms with E-state index in [4.69, 9.17) is 0 Å². The SMILES string of the molecule is O=C1CN(C(=O)NC(c2ccccc2)c2ccccc2)c2ccccc2N1. The number of para-hydroxylation sites is 2. The molecule has 0 fully saturated rings. The first-order valence-electron chi connectivity index (χ1n) is 8.79. The minimum atomic E-state index is -0.310. The van der Waals surface area contributed by atoms with Gasteiger partial charge in [-0.1, -0.05) is 72.8 Å². The third-order valence-corrected chi connectivity index (χ3v) is 4.55. The van der Waals surface area contributed by atoms with Crippen LogP contribution in [0.4, 0.5) is 16.2 Å². The third-order valence-electron chi connectivity index (χ3n) is 4.55. The second-order valence-corrected chi connectivity index (χ2v) is 6.36. The maximum Gasteiger partial charge on any atom is 0.323 e. The number of fused-ring (bicyclic) bond motifs is 1. The number of hydrogen-bond donors (Lipinski definition) is 2. The molecule has 0 aliphatic carbocycles. The normalized spacial score (nSPS) is 13.1. The predicted molar refractivity (Wildman–Crippen MR) is 106 cm³/mol. The van der Waals surface area contributed by atoms with Crippen LogP contribution in [0.3, 0.4) is 0 Å². The van der Waals surface area contributed by atoms with E-state index in [0.29, 0.717) is 11.4 Å². The molecule has 0 saturated heterocycles. The number of anilines is 2. The Bertz CT molecular complexity index is 918. The molecule has 1 aliphatic rings. The van der Waals surface area contributed by atoms with Crippen LogP contribution in [-0.2, 0) is 4.79 Å². The summed E-state index contributed by atoms with van der Waals surface area (Å²) in [5.74, 6) is -0.208. The molecule has 0 spiro atoms.